The van der Waals surface area contributed by atoms with Gasteiger partial charge in [0.05, 0.1) is 0 Å². The molecule has 2 saturated heterocycles. The van der Waals surface area contributed by atoms with Gasteiger partial charge < -0.3 is 10.2 Å². The van der Waals surface area contributed by atoms with Crippen LogP contribution in [0.5, 0.6) is 0 Å². The molecular weight excluding hydrogens is 136 g/mol. The van der Waals surface area contributed by atoms with Crippen LogP contribution in [0.4, 0.5) is 0 Å². The van der Waals surface area contributed by atoms with E-state index in [1.165, 1.54) is 38.9 Å². The Balaban J connectivity index is 1.92. The maximum Gasteiger partial charge on any atom is 0.0137 e. The SMILES string of the molecule is CNC[C@@H]1CCN2CCC[C@@H]12. The van der Waals surface area contributed by atoms with Crippen LogP contribution < -0.4 is 5.32 Å². The molecule has 1 N–H and O–H groups in total. The fourth-order valence-electron chi connectivity index (χ4n) is 2.69. The maximum atomic E-state index is 3.30. The predicted octanol–water partition coefficient (Wildman–Crippen LogP) is 0.690. The molecule has 0 bridgehead atoms. The summed E-state index contributed by atoms with van der Waals surface area (Å²) in [5.41, 5.74) is 0. The van der Waals surface area contributed by atoms with Gasteiger partial charge in [0.1, 0.15) is 0 Å². The molecule has 2 heteroatoms. The molecule has 2 rings (SSSR count). The Morgan fingerprint density at radius 3 is 3.09 bits per heavy atom. The van der Waals surface area contributed by atoms with Crippen molar-refractivity contribution in [1.82, 2.24) is 10.2 Å². The van der Waals surface area contributed by atoms with Crippen LogP contribution in [-0.2, 0) is 0 Å². The molecule has 0 radical (unpaired) electrons. The van der Waals surface area contributed by atoms with Crippen molar-refractivity contribution >= 4 is 0 Å². The summed E-state index contributed by atoms with van der Waals surface area (Å²) >= 11 is 0. The molecule has 2 aliphatic heterocycles. The van der Waals surface area contributed by atoms with E-state index in [0.29, 0.717) is 0 Å². The van der Waals surface area contributed by atoms with E-state index >= 15 is 0 Å². The first-order valence-corrected chi connectivity index (χ1v) is 4.80. The van der Waals surface area contributed by atoms with Crippen LogP contribution in [0.15, 0.2) is 0 Å². The number of rotatable bonds is 2. The van der Waals surface area contributed by atoms with Gasteiger partial charge in [-0.25, -0.2) is 0 Å². The van der Waals surface area contributed by atoms with Crippen LogP contribution in [0.1, 0.15) is 19.3 Å². The zero-order chi connectivity index (χ0) is 7.68. The van der Waals surface area contributed by atoms with E-state index in [9.17, 15) is 0 Å². The lowest BCUT2D eigenvalue weighted by molar-refractivity contribution is 0.288. The fourth-order valence-corrected chi connectivity index (χ4v) is 2.69. The van der Waals surface area contributed by atoms with Crippen molar-refractivity contribution < 1.29 is 0 Å². The smallest absolute Gasteiger partial charge is 0.0137 e. The van der Waals surface area contributed by atoms with Gasteiger partial charge in [-0.15, -0.1) is 0 Å². The highest BCUT2D eigenvalue weighted by molar-refractivity contribution is 4.91. The Bertz CT molecular complexity index is 134. The van der Waals surface area contributed by atoms with Gasteiger partial charge in [-0.05, 0) is 51.9 Å². The van der Waals surface area contributed by atoms with Gasteiger partial charge in [-0.2, -0.15) is 0 Å². The standard InChI is InChI=1S/C9H18N2/c1-10-7-8-4-6-11-5-2-3-9(8)11/h8-10H,2-7H2,1H3/t8-,9-/m0/s1. The molecule has 0 saturated carbocycles. The summed E-state index contributed by atoms with van der Waals surface area (Å²) in [7, 11) is 2.07. The van der Waals surface area contributed by atoms with Crippen LogP contribution in [-0.4, -0.2) is 37.6 Å². The van der Waals surface area contributed by atoms with E-state index in [1.54, 1.807) is 0 Å². The Hall–Kier alpha value is -0.0800. The van der Waals surface area contributed by atoms with Gasteiger partial charge in [-0.1, -0.05) is 0 Å². The minimum absolute atomic E-state index is 0.933. The number of nitrogens with zero attached hydrogens (tertiary/aromatic N) is 1. The van der Waals surface area contributed by atoms with Crippen LogP contribution >= 0.6 is 0 Å². The highest BCUT2D eigenvalue weighted by atomic mass is 15.2. The second kappa shape index (κ2) is 3.11. The minimum Gasteiger partial charge on any atom is -0.319 e. The Morgan fingerprint density at radius 2 is 2.27 bits per heavy atom. The molecule has 2 fully saturated rings. The predicted molar refractivity (Wildman–Crippen MR) is 46.6 cm³/mol. The average Bonchev–Trinajstić information content (AvgIpc) is 2.53. The Morgan fingerprint density at radius 1 is 1.36 bits per heavy atom. The molecule has 0 aromatic rings. The average molecular weight is 154 g/mol. The van der Waals surface area contributed by atoms with Gasteiger partial charge in [0.2, 0.25) is 0 Å². The van der Waals surface area contributed by atoms with E-state index in [1.807, 2.05) is 0 Å². The zero-order valence-corrected chi connectivity index (χ0v) is 7.34. The third-order valence-corrected chi connectivity index (χ3v) is 3.21. The maximum absolute atomic E-state index is 3.30. The number of fused-ring (bicyclic) bond motifs is 1. The van der Waals surface area contributed by atoms with Gasteiger partial charge in [0.25, 0.3) is 0 Å². The molecule has 0 amide bonds. The summed E-state index contributed by atoms with van der Waals surface area (Å²) in [5.74, 6) is 0.947. The molecule has 2 heterocycles. The van der Waals surface area contributed by atoms with E-state index < -0.39 is 0 Å². The minimum atomic E-state index is 0.933. The lowest BCUT2D eigenvalue weighted by Gasteiger charge is -2.19. The zero-order valence-electron chi connectivity index (χ0n) is 7.34. The lowest BCUT2D eigenvalue weighted by atomic mass is 9.98. The van der Waals surface area contributed by atoms with E-state index in [2.05, 4.69) is 17.3 Å². The molecule has 2 aliphatic rings. The summed E-state index contributed by atoms with van der Waals surface area (Å²) in [6.07, 6.45) is 4.31. The first kappa shape index (κ1) is 7.56. The van der Waals surface area contributed by atoms with Crippen molar-refractivity contribution in [3.63, 3.8) is 0 Å². The van der Waals surface area contributed by atoms with E-state index in [0.717, 1.165) is 12.0 Å². The van der Waals surface area contributed by atoms with Gasteiger partial charge >= 0.3 is 0 Å². The third kappa shape index (κ3) is 1.30. The molecule has 0 aromatic carbocycles. The lowest BCUT2D eigenvalue weighted by Crippen LogP contribution is -2.30. The Kier molecular flexibility index (Phi) is 2.14. The largest absolute Gasteiger partial charge is 0.319 e. The van der Waals surface area contributed by atoms with Crippen molar-refractivity contribution in [2.24, 2.45) is 5.92 Å². The summed E-state index contributed by atoms with van der Waals surface area (Å²) in [5, 5.41) is 3.30. The Labute approximate surface area is 69.0 Å². The summed E-state index contributed by atoms with van der Waals surface area (Å²) in [6, 6.07) is 0.933. The third-order valence-electron chi connectivity index (χ3n) is 3.21. The van der Waals surface area contributed by atoms with Crippen LogP contribution in [0.3, 0.4) is 0 Å². The van der Waals surface area contributed by atoms with Crippen molar-refractivity contribution in [3.05, 3.63) is 0 Å². The monoisotopic (exact) mass is 154 g/mol. The summed E-state index contributed by atoms with van der Waals surface area (Å²) in [6.45, 7) is 3.95. The number of nitrogens with one attached hydrogen (secondary N) is 1. The van der Waals surface area contributed by atoms with Gasteiger partial charge in [0.15, 0.2) is 0 Å². The molecule has 64 valence electrons. The van der Waals surface area contributed by atoms with E-state index in [4.69, 9.17) is 0 Å². The van der Waals surface area contributed by atoms with Crippen LogP contribution in [0.2, 0.25) is 0 Å². The van der Waals surface area contributed by atoms with Crippen LogP contribution in [0.25, 0.3) is 0 Å². The second-order valence-corrected chi connectivity index (χ2v) is 3.85. The molecule has 2 nitrogen and oxygen atoms in total. The molecule has 11 heavy (non-hydrogen) atoms. The molecular formula is C9H18N2. The second-order valence-electron chi connectivity index (χ2n) is 3.85. The fraction of sp³-hybridized carbons (Fsp3) is 1.00. The molecule has 2 atom stereocenters. The molecule has 0 spiro atoms. The highest BCUT2D eigenvalue weighted by Gasteiger charge is 2.36. The summed E-state index contributed by atoms with van der Waals surface area (Å²) in [4.78, 5) is 2.67. The number of hydrogen-bond donors (Lipinski definition) is 1. The normalized spacial score (nSPS) is 37.9. The van der Waals surface area contributed by atoms with Crippen molar-refractivity contribution in [1.29, 1.82) is 0 Å². The van der Waals surface area contributed by atoms with Gasteiger partial charge in [-0.3, -0.25) is 0 Å². The van der Waals surface area contributed by atoms with E-state index in [-0.39, 0.29) is 0 Å². The van der Waals surface area contributed by atoms with Gasteiger partial charge in [0, 0.05) is 6.04 Å². The summed E-state index contributed by atoms with van der Waals surface area (Å²) < 4.78 is 0. The molecule has 0 unspecified atom stereocenters. The van der Waals surface area contributed by atoms with Crippen molar-refractivity contribution in [3.8, 4) is 0 Å². The van der Waals surface area contributed by atoms with Crippen molar-refractivity contribution in [2.75, 3.05) is 26.7 Å². The quantitative estimate of drug-likeness (QED) is 0.629. The highest BCUT2D eigenvalue weighted by Crippen LogP contribution is 2.31. The molecule has 0 aliphatic carbocycles. The van der Waals surface area contributed by atoms with Crippen LogP contribution in [0, 0.1) is 5.92 Å². The first-order chi connectivity index (χ1) is 5.42. The molecule has 0 aromatic heterocycles. The topological polar surface area (TPSA) is 15.3 Å². The number of hydrogen-bond acceptors (Lipinski definition) is 2. The first-order valence-electron chi connectivity index (χ1n) is 4.80. The van der Waals surface area contributed by atoms with Crippen molar-refractivity contribution in [2.45, 2.75) is 25.3 Å².